The third kappa shape index (κ3) is 3.37. The van der Waals surface area contributed by atoms with Gasteiger partial charge in [0.15, 0.2) is 0 Å². The van der Waals surface area contributed by atoms with Gasteiger partial charge in [0.1, 0.15) is 12.4 Å². The van der Waals surface area contributed by atoms with Crippen molar-refractivity contribution >= 4 is 0 Å². The molecule has 0 spiro atoms. The van der Waals surface area contributed by atoms with Gasteiger partial charge in [-0.2, -0.15) is 5.26 Å². The highest BCUT2D eigenvalue weighted by Gasteiger charge is 2.03. The number of nitrogens with zero attached hydrogens (tertiary/aromatic N) is 1. The van der Waals surface area contributed by atoms with E-state index in [2.05, 4.69) is 6.07 Å². The number of ether oxygens (including phenoxy) is 1. The van der Waals surface area contributed by atoms with E-state index in [9.17, 15) is 0 Å². The highest BCUT2D eigenvalue weighted by Crippen LogP contribution is 2.18. The first kappa shape index (κ1) is 14.1. The van der Waals surface area contributed by atoms with Crippen LogP contribution in [0.15, 0.2) is 42.5 Å². The van der Waals surface area contributed by atoms with Crippen LogP contribution in [0.5, 0.6) is 5.75 Å². The SMILES string of the molecule is Cc1cc(C#N)ccc1COc1ccc([C@@H](C)N)cc1. The van der Waals surface area contributed by atoms with Crippen LogP contribution in [0.25, 0.3) is 0 Å². The molecule has 102 valence electrons. The van der Waals surface area contributed by atoms with E-state index >= 15 is 0 Å². The van der Waals surface area contributed by atoms with Gasteiger partial charge in [0.2, 0.25) is 0 Å². The second-order valence-electron chi connectivity index (χ2n) is 4.90. The van der Waals surface area contributed by atoms with Crippen LogP contribution in [0.3, 0.4) is 0 Å². The van der Waals surface area contributed by atoms with Crippen LogP contribution in [0.2, 0.25) is 0 Å². The lowest BCUT2D eigenvalue weighted by atomic mass is 10.1. The Hall–Kier alpha value is -2.31. The van der Waals surface area contributed by atoms with Gasteiger partial charge >= 0.3 is 0 Å². The Morgan fingerprint density at radius 2 is 1.90 bits per heavy atom. The van der Waals surface area contributed by atoms with Gasteiger partial charge in [-0.1, -0.05) is 18.2 Å². The van der Waals surface area contributed by atoms with Gasteiger partial charge in [-0.05, 0) is 54.8 Å². The fourth-order valence-electron chi connectivity index (χ4n) is 1.96. The maximum Gasteiger partial charge on any atom is 0.119 e. The molecule has 0 fully saturated rings. The van der Waals surface area contributed by atoms with Crippen LogP contribution in [0, 0.1) is 18.3 Å². The normalized spacial score (nSPS) is 11.7. The largest absolute Gasteiger partial charge is 0.489 e. The van der Waals surface area contributed by atoms with Crippen LogP contribution in [-0.2, 0) is 6.61 Å². The Balaban J connectivity index is 2.03. The fraction of sp³-hybridized carbons (Fsp3) is 0.235. The Morgan fingerprint density at radius 3 is 2.45 bits per heavy atom. The Kier molecular flexibility index (Phi) is 4.39. The maximum absolute atomic E-state index is 8.84. The molecule has 20 heavy (non-hydrogen) atoms. The Labute approximate surface area is 119 Å². The third-order valence-corrected chi connectivity index (χ3v) is 3.27. The van der Waals surface area contributed by atoms with Crippen molar-refractivity contribution < 1.29 is 4.74 Å². The van der Waals surface area contributed by atoms with Crippen molar-refractivity contribution in [2.45, 2.75) is 26.5 Å². The van der Waals surface area contributed by atoms with Gasteiger partial charge < -0.3 is 10.5 Å². The summed E-state index contributed by atoms with van der Waals surface area (Å²) in [6, 6.07) is 15.6. The molecule has 0 aliphatic heterocycles. The molecule has 0 heterocycles. The topological polar surface area (TPSA) is 59.0 Å². The lowest BCUT2D eigenvalue weighted by Gasteiger charge is -2.10. The summed E-state index contributed by atoms with van der Waals surface area (Å²) in [6.07, 6.45) is 0. The van der Waals surface area contributed by atoms with E-state index in [0.29, 0.717) is 12.2 Å². The molecule has 3 nitrogen and oxygen atoms in total. The molecule has 0 saturated heterocycles. The van der Waals surface area contributed by atoms with E-state index < -0.39 is 0 Å². The van der Waals surface area contributed by atoms with Crippen molar-refractivity contribution in [1.29, 1.82) is 5.26 Å². The van der Waals surface area contributed by atoms with E-state index in [0.717, 1.165) is 22.4 Å². The monoisotopic (exact) mass is 266 g/mol. The van der Waals surface area contributed by atoms with Crippen LogP contribution < -0.4 is 10.5 Å². The second kappa shape index (κ2) is 6.23. The van der Waals surface area contributed by atoms with Gasteiger partial charge in [0, 0.05) is 6.04 Å². The van der Waals surface area contributed by atoms with Crippen molar-refractivity contribution in [2.75, 3.05) is 0 Å². The number of rotatable bonds is 4. The standard InChI is InChI=1S/C17H18N2O/c1-12-9-14(10-18)3-4-16(12)11-20-17-7-5-15(6-8-17)13(2)19/h3-9,13H,11,19H2,1-2H3/t13-/m1/s1. The molecule has 0 amide bonds. The molecule has 0 saturated carbocycles. The van der Waals surface area contributed by atoms with E-state index in [1.165, 1.54) is 0 Å². The van der Waals surface area contributed by atoms with Crippen LogP contribution >= 0.6 is 0 Å². The van der Waals surface area contributed by atoms with Gasteiger partial charge in [0.25, 0.3) is 0 Å². The molecular formula is C17H18N2O. The zero-order valence-corrected chi connectivity index (χ0v) is 11.8. The summed E-state index contributed by atoms with van der Waals surface area (Å²) in [6.45, 7) is 4.43. The lowest BCUT2D eigenvalue weighted by Crippen LogP contribution is -2.04. The van der Waals surface area contributed by atoms with Crippen molar-refractivity contribution in [2.24, 2.45) is 5.73 Å². The summed E-state index contributed by atoms with van der Waals surface area (Å²) < 4.78 is 5.76. The Bertz CT molecular complexity index is 624. The number of benzene rings is 2. The zero-order valence-electron chi connectivity index (χ0n) is 11.8. The maximum atomic E-state index is 8.84. The quantitative estimate of drug-likeness (QED) is 0.921. The first-order chi connectivity index (χ1) is 9.60. The van der Waals surface area contributed by atoms with Gasteiger partial charge in [-0.25, -0.2) is 0 Å². The van der Waals surface area contributed by atoms with Gasteiger partial charge in [-0.3, -0.25) is 0 Å². The predicted octanol–water partition coefficient (Wildman–Crippen LogP) is 3.47. The molecule has 0 aromatic heterocycles. The number of hydrogen-bond donors (Lipinski definition) is 1. The molecule has 2 aromatic rings. The predicted molar refractivity (Wildman–Crippen MR) is 79.3 cm³/mol. The highest BCUT2D eigenvalue weighted by molar-refractivity contribution is 5.37. The summed E-state index contributed by atoms with van der Waals surface area (Å²) in [7, 11) is 0. The molecule has 0 radical (unpaired) electrons. The Morgan fingerprint density at radius 1 is 1.20 bits per heavy atom. The minimum absolute atomic E-state index is 0.0322. The third-order valence-electron chi connectivity index (χ3n) is 3.27. The van der Waals surface area contributed by atoms with E-state index in [1.807, 2.05) is 56.3 Å². The second-order valence-corrected chi connectivity index (χ2v) is 4.90. The smallest absolute Gasteiger partial charge is 0.119 e. The number of nitrogens with two attached hydrogens (primary N) is 1. The van der Waals surface area contributed by atoms with Crippen molar-refractivity contribution in [1.82, 2.24) is 0 Å². The first-order valence-electron chi connectivity index (χ1n) is 6.58. The summed E-state index contributed by atoms with van der Waals surface area (Å²) in [5.41, 5.74) is 9.72. The van der Waals surface area contributed by atoms with Crippen molar-refractivity contribution in [3.05, 3.63) is 64.7 Å². The average molecular weight is 266 g/mol. The fourth-order valence-corrected chi connectivity index (χ4v) is 1.96. The average Bonchev–Trinajstić information content (AvgIpc) is 2.46. The van der Waals surface area contributed by atoms with E-state index in [1.54, 1.807) is 0 Å². The van der Waals surface area contributed by atoms with E-state index in [4.69, 9.17) is 15.7 Å². The summed E-state index contributed by atoms with van der Waals surface area (Å²) in [4.78, 5) is 0. The molecule has 2 N–H and O–H groups in total. The van der Waals surface area contributed by atoms with Crippen molar-refractivity contribution in [3.63, 3.8) is 0 Å². The summed E-state index contributed by atoms with van der Waals surface area (Å²) in [5.74, 6) is 0.818. The first-order valence-corrected chi connectivity index (χ1v) is 6.58. The number of aryl methyl sites for hydroxylation is 1. The molecule has 2 rings (SSSR count). The summed E-state index contributed by atoms with van der Waals surface area (Å²) in [5, 5.41) is 8.84. The van der Waals surface area contributed by atoms with Crippen LogP contribution in [0.4, 0.5) is 0 Å². The summed E-state index contributed by atoms with van der Waals surface area (Å²) >= 11 is 0. The van der Waals surface area contributed by atoms with E-state index in [-0.39, 0.29) is 6.04 Å². The minimum Gasteiger partial charge on any atom is -0.489 e. The van der Waals surface area contributed by atoms with Gasteiger partial charge in [-0.15, -0.1) is 0 Å². The highest BCUT2D eigenvalue weighted by atomic mass is 16.5. The molecule has 3 heteroatoms. The lowest BCUT2D eigenvalue weighted by molar-refractivity contribution is 0.305. The zero-order chi connectivity index (χ0) is 14.5. The van der Waals surface area contributed by atoms with Crippen molar-refractivity contribution in [3.8, 4) is 11.8 Å². The van der Waals surface area contributed by atoms with Gasteiger partial charge in [0.05, 0.1) is 11.6 Å². The number of nitriles is 1. The molecule has 0 bridgehead atoms. The molecule has 2 aromatic carbocycles. The molecule has 1 atom stereocenters. The molecule has 0 unspecified atom stereocenters. The molecule has 0 aliphatic rings. The number of hydrogen-bond acceptors (Lipinski definition) is 3. The molecule has 0 aliphatic carbocycles. The molecular weight excluding hydrogens is 248 g/mol. The van der Waals surface area contributed by atoms with Crippen LogP contribution in [-0.4, -0.2) is 0 Å². The minimum atomic E-state index is 0.0322. The van der Waals surface area contributed by atoms with Crippen LogP contribution in [0.1, 0.15) is 35.2 Å².